The van der Waals surface area contributed by atoms with Crippen LogP contribution in [0.3, 0.4) is 0 Å². The van der Waals surface area contributed by atoms with Crippen molar-refractivity contribution in [2.24, 2.45) is 0 Å². The summed E-state index contributed by atoms with van der Waals surface area (Å²) in [5.41, 5.74) is 5.28. The molecule has 1 heterocycles. The van der Waals surface area contributed by atoms with E-state index >= 15 is 0 Å². The number of carbonyl (C=O) groups is 2. The molecule has 0 aliphatic rings. The number of methoxy groups -OCH3 is 1. The largest absolute Gasteiger partial charge is 0.497 e. The van der Waals surface area contributed by atoms with Crippen molar-refractivity contribution in [3.8, 4) is 5.75 Å². The smallest absolute Gasteiger partial charge is 0.274 e. The summed E-state index contributed by atoms with van der Waals surface area (Å²) in [7, 11) is 1.59. The number of ether oxygens (including phenoxy) is 1. The molecule has 1 amide bonds. The maximum Gasteiger partial charge on any atom is 0.274 e. The highest BCUT2D eigenvalue weighted by Gasteiger charge is 2.12. The standard InChI is InChI=1S/C24H20N2O4/c1-30-21-9-6-17(7-10-21)23(27)20-8-11-22-19(14-20)12-13-26(22)15-16-2-4-18(5-3-16)24(28)25-29/h2-14,29H,15H2,1H3,(H,25,28). The van der Waals surface area contributed by atoms with Crippen LogP contribution in [-0.2, 0) is 6.54 Å². The number of benzene rings is 3. The zero-order chi connectivity index (χ0) is 21.1. The number of hydrogen-bond acceptors (Lipinski definition) is 4. The minimum Gasteiger partial charge on any atom is -0.497 e. The molecule has 0 spiro atoms. The van der Waals surface area contributed by atoms with Crippen LogP contribution in [0.2, 0.25) is 0 Å². The van der Waals surface area contributed by atoms with Crippen molar-refractivity contribution in [3.05, 3.63) is 101 Å². The molecule has 4 aromatic rings. The first-order valence-corrected chi connectivity index (χ1v) is 9.40. The molecule has 0 saturated heterocycles. The highest BCUT2D eigenvalue weighted by Crippen LogP contribution is 2.22. The minimum absolute atomic E-state index is 0.0370. The van der Waals surface area contributed by atoms with Crippen molar-refractivity contribution in [3.63, 3.8) is 0 Å². The van der Waals surface area contributed by atoms with Gasteiger partial charge in [0.1, 0.15) is 5.75 Å². The maximum absolute atomic E-state index is 12.8. The number of nitrogens with zero attached hydrogens (tertiary/aromatic N) is 1. The van der Waals surface area contributed by atoms with Gasteiger partial charge in [0.05, 0.1) is 7.11 Å². The predicted molar refractivity (Wildman–Crippen MR) is 113 cm³/mol. The Morgan fingerprint density at radius 3 is 2.23 bits per heavy atom. The second-order valence-corrected chi connectivity index (χ2v) is 6.91. The molecule has 3 aromatic carbocycles. The van der Waals surface area contributed by atoms with Gasteiger partial charge in [-0.1, -0.05) is 12.1 Å². The maximum atomic E-state index is 12.8. The second-order valence-electron chi connectivity index (χ2n) is 6.91. The van der Waals surface area contributed by atoms with Gasteiger partial charge in [-0.3, -0.25) is 14.8 Å². The van der Waals surface area contributed by atoms with Crippen LogP contribution in [0.25, 0.3) is 10.9 Å². The molecule has 6 nitrogen and oxygen atoms in total. The van der Waals surface area contributed by atoms with Crippen LogP contribution in [0.15, 0.2) is 79.0 Å². The van der Waals surface area contributed by atoms with Gasteiger partial charge in [0, 0.05) is 40.3 Å². The molecule has 0 aliphatic heterocycles. The van der Waals surface area contributed by atoms with Crippen molar-refractivity contribution in [1.29, 1.82) is 0 Å². The van der Waals surface area contributed by atoms with E-state index in [2.05, 4.69) is 4.57 Å². The van der Waals surface area contributed by atoms with Crippen LogP contribution in [-0.4, -0.2) is 28.6 Å². The highest BCUT2D eigenvalue weighted by atomic mass is 16.5. The third kappa shape index (κ3) is 3.81. The van der Waals surface area contributed by atoms with E-state index in [4.69, 9.17) is 9.94 Å². The molecule has 4 rings (SSSR count). The van der Waals surface area contributed by atoms with Crippen LogP contribution >= 0.6 is 0 Å². The highest BCUT2D eigenvalue weighted by molar-refractivity contribution is 6.10. The Balaban J connectivity index is 1.56. The van der Waals surface area contributed by atoms with Gasteiger partial charge in [-0.25, -0.2) is 5.48 Å². The monoisotopic (exact) mass is 400 g/mol. The first kappa shape index (κ1) is 19.4. The quantitative estimate of drug-likeness (QED) is 0.291. The Labute approximate surface area is 173 Å². The molecule has 30 heavy (non-hydrogen) atoms. The third-order valence-electron chi connectivity index (χ3n) is 5.06. The van der Waals surface area contributed by atoms with E-state index in [0.717, 1.165) is 16.5 Å². The molecule has 0 unspecified atom stereocenters. The molecule has 0 radical (unpaired) electrons. The molecular formula is C24H20N2O4. The molecular weight excluding hydrogens is 380 g/mol. The van der Waals surface area contributed by atoms with Gasteiger partial charge in [0.25, 0.3) is 5.91 Å². The molecule has 6 heteroatoms. The Hall–Kier alpha value is -3.90. The molecule has 0 saturated carbocycles. The fourth-order valence-electron chi connectivity index (χ4n) is 3.41. The zero-order valence-electron chi connectivity index (χ0n) is 16.3. The average Bonchev–Trinajstić information content (AvgIpc) is 3.20. The first-order valence-electron chi connectivity index (χ1n) is 9.40. The lowest BCUT2D eigenvalue weighted by atomic mass is 10.0. The van der Waals surface area contributed by atoms with E-state index in [0.29, 0.717) is 29.0 Å². The number of aromatic nitrogens is 1. The Kier molecular flexibility index (Phi) is 5.32. The molecule has 0 atom stereocenters. The fraction of sp³-hybridized carbons (Fsp3) is 0.0833. The van der Waals surface area contributed by atoms with Crippen LogP contribution < -0.4 is 10.2 Å². The molecule has 2 N–H and O–H groups in total. The Morgan fingerprint density at radius 2 is 1.57 bits per heavy atom. The van der Waals surface area contributed by atoms with E-state index in [1.54, 1.807) is 49.0 Å². The molecule has 0 fully saturated rings. The lowest BCUT2D eigenvalue weighted by Crippen LogP contribution is -2.18. The summed E-state index contributed by atoms with van der Waals surface area (Å²) in [6, 6.07) is 21.7. The number of hydrogen-bond donors (Lipinski definition) is 2. The summed E-state index contributed by atoms with van der Waals surface area (Å²) in [5, 5.41) is 9.69. The fourth-order valence-corrected chi connectivity index (χ4v) is 3.41. The van der Waals surface area contributed by atoms with Gasteiger partial charge < -0.3 is 9.30 Å². The number of carbonyl (C=O) groups excluding carboxylic acids is 2. The van der Waals surface area contributed by atoms with E-state index in [-0.39, 0.29) is 5.78 Å². The Morgan fingerprint density at radius 1 is 0.900 bits per heavy atom. The van der Waals surface area contributed by atoms with Crippen molar-refractivity contribution in [1.82, 2.24) is 10.0 Å². The summed E-state index contributed by atoms with van der Waals surface area (Å²) in [5.74, 6) is 0.135. The number of ketones is 1. The van der Waals surface area contributed by atoms with Gasteiger partial charge in [0.2, 0.25) is 0 Å². The second kappa shape index (κ2) is 8.23. The van der Waals surface area contributed by atoms with E-state index in [1.807, 2.05) is 42.6 Å². The third-order valence-corrected chi connectivity index (χ3v) is 5.06. The van der Waals surface area contributed by atoms with Crippen molar-refractivity contribution in [2.75, 3.05) is 7.11 Å². The van der Waals surface area contributed by atoms with Gasteiger partial charge in [-0.15, -0.1) is 0 Å². The molecule has 1 aromatic heterocycles. The summed E-state index contributed by atoms with van der Waals surface area (Å²) in [6.07, 6.45) is 1.97. The minimum atomic E-state index is -0.540. The zero-order valence-corrected chi connectivity index (χ0v) is 16.3. The Bertz CT molecular complexity index is 1210. The topological polar surface area (TPSA) is 80.6 Å². The van der Waals surface area contributed by atoms with E-state index in [1.165, 1.54) is 0 Å². The summed E-state index contributed by atoms with van der Waals surface area (Å²) in [6.45, 7) is 0.621. The molecule has 0 aliphatic carbocycles. The van der Waals surface area contributed by atoms with Gasteiger partial charge in [0.15, 0.2) is 5.78 Å². The van der Waals surface area contributed by atoms with Crippen LogP contribution in [0.1, 0.15) is 31.8 Å². The number of rotatable bonds is 6. The van der Waals surface area contributed by atoms with E-state index < -0.39 is 5.91 Å². The number of hydroxylamine groups is 1. The first-order chi connectivity index (χ1) is 14.6. The number of fused-ring (bicyclic) bond motifs is 1. The lowest BCUT2D eigenvalue weighted by Gasteiger charge is -2.08. The van der Waals surface area contributed by atoms with Crippen molar-refractivity contribution >= 4 is 22.6 Å². The molecule has 150 valence electrons. The van der Waals surface area contributed by atoms with Crippen LogP contribution in [0, 0.1) is 0 Å². The van der Waals surface area contributed by atoms with Crippen LogP contribution in [0.5, 0.6) is 5.75 Å². The van der Waals surface area contributed by atoms with E-state index in [9.17, 15) is 9.59 Å². The molecule has 0 bridgehead atoms. The number of amides is 1. The van der Waals surface area contributed by atoms with Gasteiger partial charge in [-0.2, -0.15) is 0 Å². The van der Waals surface area contributed by atoms with Crippen molar-refractivity contribution in [2.45, 2.75) is 6.54 Å². The summed E-state index contributed by atoms with van der Waals surface area (Å²) in [4.78, 5) is 24.2. The van der Waals surface area contributed by atoms with Gasteiger partial charge >= 0.3 is 0 Å². The van der Waals surface area contributed by atoms with Crippen LogP contribution in [0.4, 0.5) is 0 Å². The van der Waals surface area contributed by atoms with Gasteiger partial charge in [-0.05, 0) is 66.2 Å². The summed E-state index contributed by atoms with van der Waals surface area (Å²) < 4.78 is 7.22. The SMILES string of the molecule is COc1ccc(C(=O)c2ccc3c(ccn3Cc3ccc(C(=O)NO)cc3)c2)cc1. The normalized spacial score (nSPS) is 10.7. The average molecular weight is 400 g/mol. The number of nitrogens with one attached hydrogen (secondary N) is 1. The predicted octanol–water partition coefficient (Wildman–Crippen LogP) is 4.05. The summed E-state index contributed by atoms with van der Waals surface area (Å²) >= 11 is 0. The van der Waals surface area contributed by atoms with Crippen molar-refractivity contribution < 1.29 is 19.5 Å². The lowest BCUT2D eigenvalue weighted by molar-refractivity contribution is 0.0706.